The number of halogens is 1. The molecule has 0 radical (unpaired) electrons. The number of hydrogen-bond donors (Lipinski definition) is 1. The van der Waals surface area contributed by atoms with E-state index in [1.165, 1.54) is 7.11 Å². The average Bonchev–Trinajstić information content (AvgIpc) is 2.49. The Morgan fingerprint density at radius 3 is 2.29 bits per heavy atom. The Hall–Kier alpha value is -2.07. The van der Waals surface area contributed by atoms with Gasteiger partial charge < -0.3 is 10.1 Å². The van der Waals surface area contributed by atoms with Gasteiger partial charge in [-0.3, -0.25) is 4.79 Å². The van der Waals surface area contributed by atoms with E-state index in [0.717, 1.165) is 21.3 Å². The number of anilines is 1. The Bertz CT molecular complexity index is 645. The molecule has 0 saturated heterocycles. The second-order valence-corrected chi connectivity index (χ2v) is 5.50. The SMILES string of the molecule is CO/C(=C\c1ccc(Br)cc1)C(=O)Nc1ccc(C)cc1. The first-order chi connectivity index (χ1) is 10.1. The lowest BCUT2D eigenvalue weighted by molar-refractivity contribution is -0.115. The van der Waals surface area contributed by atoms with Crippen molar-refractivity contribution in [3.05, 3.63) is 69.9 Å². The third kappa shape index (κ3) is 4.46. The summed E-state index contributed by atoms with van der Waals surface area (Å²) in [4.78, 5) is 12.2. The molecule has 0 fully saturated rings. The molecule has 1 amide bonds. The number of nitrogens with one attached hydrogen (secondary N) is 1. The summed E-state index contributed by atoms with van der Waals surface area (Å²) in [7, 11) is 1.49. The van der Waals surface area contributed by atoms with Gasteiger partial charge in [-0.05, 0) is 42.8 Å². The molecular weight excluding hydrogens is 330 g/mol. The summed E-state index contributed by atoms with van der Waals surface area (Å²) in [5.74, 6) is -0.0119. The maximum absolute atomic E-state index is 12.2. The fourth-order valence-corrected chi connectivity index (χ4v) is 2.02. The van der Waals surface area contributed by atoms with Crippen LogP contribution in [0.5, 0.6) is 0 Å². The number of amides is 1. The second-order valence-electron chi connectivity index (χ2n) is 4.58. The molecule has 108 valence electrons. The minimum atomic E-state index is -0.274. The zero-order valence-electron chi connectivity index (χ0n) is 11.9. The number of aryl methyl sites for hydroxylation is 1. The van der Waals surface area contributed by atoms with Crippen LogP contribution < -0.4 is 5.32 Å². The maximum atomic E-state index is 12.2. The number of rotatable bonds is 4. The van der Waals surface area contributed by atoms with E-state index in [2.05, 4.69) is 21.2 Å². The molecule has 21 heavy (non-hydrogen) atoms. The van der Waals surface area contributed by atoms with Crippen LogP contribution in [0.4, 0.5) is 5.69 Å². The summed E-state index contributed by atoms with van der Waals surface area (Å²) in [6, 6.07) is 15.2. The summed E-state index contributed by atoms with van der Waals surface area (Å²) in [5.41, 5.74) is 2.78. The van der Waals surface area contributed by atoms with Gasteiger partial charge in [0.2, 0.25) is 0 Å². The largest absolute Gasteiger partial charge is 0.491 e. The highest BCUT2D eigenvalue weighted by atomic mass is 79.9. The Morgan fingerprint density at radius 2 is 1.71 bits per heavy atom. The number of ether oxygens (including phenoxy) is 1. The molecule has 2 aromatic rings. The summed E-state index contributed by atoms with van der Waals surface area (Å²) in [5, 5.41) is 2.81. The average molecular weight is 346 g/mol. The molecule has 0 aliphatic heterocycles. The Labute approximate surface area is 132 Å². The third-order valence-corrected chi connectivity index (χ3v) is 3.45. The molecule has 0 heterocycles. The molecule has 4 heteroatoms. The summed E-state index contributed by atoms with van der Waals surface area (Å²) in [6.45, 7) is 2.00. The van der Waals surface area contributed by atoms with Crippen LogP contribution in [0.1, 0.15) is 11.1 Å². The molecule has 0 atom stereocenters. The van der Waals surface area contributed by atoms with E-state index < -0.39 is 0 Å². The predicted octanol–water partition coefficient (Wildman–Crippen LogP) is 4.38. The lowest BCUT2D eigenvalue weighted by atomic mass is 10.2. The summed E-state index contributed by atoms with van der Waals surface area (Å²) >= 11 is 3.38. The van der Waals surface area contributed by atoms with Crippen molar-refractivity contribution in [1.82, 2.24) is 0 Å². The number of benzene rings is 2. The number of hydrogen-bond acceptors (Lipinski definition) is 2. The van der Waals surface area contributed by atoms with E-state index in [-0.39, 0.29) is 11.7 Å². The zero-order valence-corrected chi connectivity index (χ0v) is 13.5. The fourth-order valence-electron chi connectivity index (χ4n) is 1.76. The first-order valence-corrected chi connectivity index (χ1v) is 7.27. The Morgan fingerprint density at radius 1 is 1.10 bits per heavy atom. The van der Waals surface area contributed by atoms with Crippen LogP contribution in [0.25, 0.3) is 6.08 Å². The van der Waals surface area contributed by atoms with Gasteiger partial charge in [0.15, 0.2) is 5.76 Å². The van der Waals surface area contributed by atoms with Gasteiger partial charge >= 0.3 is 0 Å². The zero-order chi connectivity index (χ0) is 15.2. The van der Waals surface area contributed by atoms with Crippen molar-refractivity contribution in [3.8, 4) is 0 Å². The first kappa shape index (κ1) is 15.3. The molecule has 0 spiro atoms. The molecule has 0 aliphatic carbocycles. The molecule has 2 rings (SSSR count). The highest BCUT2D eigenvalue weighted by Gasteiger charge is 2.10. The summed E-state index contributed by atoms with van der Waals surface area (Å²) in [6.07, 6.45) is 1.70. The lowest BCUT2D eigenvalue weighted by Gasteiger charge is -2.08. The fraction of sp³-hybridized carbons (Fsp3) is 0.118. The van der Waals surface area contributed by atoms with Gasteiger partial charge in [0.05, 0.1) is 7.11 Å². The molecule has 1 N–H and O–H groups in total. The van der Waals surface area contributed by atoms with Crippen LogP contribution >= 0.6 is 15.9 Å². The van der Waals surface area contributed by atoms with E-state index in [0.29, 0.717) is 0 Å². The molecule has 0 aliphatic rings. The first-order valence-electron chi connectivity index (χ1n) is 6.48. The van der Waals surface area contributed by atoms with Gasteiger partial charge in [-0.2, -0.15) is 0 Å². The van der Waals surface area contributed by atoms with Crippen LogP contribution in [-0.4, -0.2) is 13.0 Å². The monoisotopic (exact) mass is 345 g/mol. The van der Waals surface area contributed by atoms with Crippen molar-refractivity contribution in [1.29, 1.82) is 0 Å². The van der Waals surface area contributed by atoms with Crippen LogP contribution in [-0.2, 0) is 9.53 Å². The van der Waals surface area contributed by atoms with Gasteiger partial charge in [-0.25, -0.2) is 0 Å². The van der Waals surface area contributed by atoms with Gasteiger partial charge in [-0.1, -0.05) is 45.8 Å². The van der Waals surface area contributed by atoms with Crippen molar-refractivity contribution in [2.24, 2.45) is 0 Å². The topological polar surface area (TPSA) is 38.3 Å². The van der Waals surface area contributed by atoms with Crippen molar-refractivity contribution in [2.75, 3.05) is 12.4 Å². The number of carbonyl (C=O) groups excluding carboxylic acids is 1. The van der Waals surface area contributed by atoms with E-state index in [1.807, 2.05) is 55.5 Å². The highest BCUT2D eigenvalue weighted by Crippen LogP contribution is 2.15. The van der Waals surface area contributed by atoms with Crippen molar-refractivity contribution in [3.63, 3.8) is 0 Å². The second kappa shape index (κ2) is 7.09. The number of methoxy groups -OCH3 is 1. The van der Waals surface area contributed by atoms with Gasteiger partial charge in [0.25, 0.3) is 5.91 Å². The van der Waals surface area contributed by atoms with E-state index in [4.69, 9.17) is 4.74 Å². The van der Waals surface area contributed by atoms with E-state index in [9.17, 15) is 4.79 Å². The van der Waals surface area contributed by atoms with Gasteiger partial charge in [0.1, 0.15) is 0 Å². The standard InChI is InChI=1S/C17H16BrNO2/c1-12-3-9-15(10-4-12)19-17(20)16(21-2)11-13-5-7-14(18)8-6-13/h3-11H,1-2H3,(H,19,20)/b16-11-. The van der Waals surface area contributed by atoms with Crippen molar-refractivity contribution in [2.45, 2.75) is 6.92 Å². The maximum Gasteiger partial charge on any atom is 0.290 e. The quantitative estimate of drug-likeness (QED) is 0.659. The van der Waals surface area contributed by atoms with Crippen molar-refractivity contribution >= 4 is 33.6 Å². The molecular formula is C17H16BrNO2. The minimum absolute atomic E-state index is 0.262. The molecule has 3 nitrogen and oxygen atoms in total. The van der Waals surface area contributed by atoms with E-state index >= 15 is 0 Å². The van der Waals surface area contributed by atoms with E-state index in [1.54, 1.807) is 6.08 Å². The van der Waals surface area contributed by atoms with Crippen LogP contribution in [0.15, 0.2) is 58.8 Å². The van der Waals surface area contributed by atoms with Crippen LogP contribution in [0.3, 0.4) is 0 Å². The normalized spacial score (nSPS) is 11.1. The van der Waals surface area contributed by atoms with Gasteiger partial charge in [-0.15, -0.1) is 0 Å². The van der Waals surface area contributed by atoms with Crippen molar-refractivity contribution < 1.29 is 9.53 Å². The molecule has 0 bridgehead atoms. The predicted molar refractivity (Wildman–Crippen MR) is 88.9 cm³/mol. The molecule has 0 unspecified atom stereocenters. The van der Waals surface area contributed by atoms with Crippen LogP contribution in [0.2, 0.25) is 0 Å². The molecule has 0 saturated carbocycles. The Kier molecular flexibility index (Phi) is 5.17. The summed E-state index contributed by atoms with van der Waals surface area (Å²) < 4.78 is 6.17. The van der Waals surface area contributed by atoms with Crippen LogP contribution in [0, 0.1) is 6.92 Å². The smallest absolute Gasteiger partial charge is 0.290 e. The minimum Gasteiger partial charge on any atom is -0.491 e. The lowest BCUT2D eigenvalue weighted by Crippen LogP contribution is -2.15. The number of carbonyl (C=O) groups is 1. The molecule has 0 aromatic heterocycles. The van der Waals surface area contributed by atoms with Gasteiger partial charge in [0, 0.05) is 10.2 Å². The Balaban J connectivity index is 2.14. The third-order valence-electron chi connectivity index (χ3n) is 2.92. The molecule has 2 aromatic carbocycles. The highest BCUT2D eigenvalue weighted by molar-refractivity contribution is 9.10.